The van der Waals surface area contributed by atoms with Crippen molar-refractivity contribution in [3.8, 4) is 11.5 Å². The molecule has 0 saturated carbocycles. The van der Waals surface area contributed by atoms with E-state index in [4.69, 9.17) is 14.2 Å². The highest BCUT2D eigenvalue weighted by atomic mass is 32.2. The number of ether oxygens (including phenoxy) is 3. The third kappa shape index (κ3) is 9.19. The molecule has 1 aromatic heterocycles. The topological polar surface area (TPSA) is 85.4 Å². The molecule has 0 aliphatic carbocycles. The number of carbonyl (C=O) groups is 1. The van der Waals surface area contributed by atoms with Gasteiger partial charge in [-0.25, -0.2) is 8.42 Å². The largest absolute Gasteiger partial charge is 0.493 e. The minimum Gasteiger partial charge on any atom is -0.493 e. The second-order valence-electron chi connectivity index (χ2n) is 9.22. The van der Waals surface area contributed by atoms with Crippen LogP contribution >= 0.6 is 11.3 Å². The average Bonchev–Trinajstić information content (AvgIpc) is 3.37. The highest BCUT2D eigenvalue weighted by molar-refractivity contribution is 7.92. The standard InChI is InChI=1S/C30H38N2O6S2/c1-24-14-19-39-29(24)22-31(17-13-26-11-12-27(37-3)28(21-26)38-4)30(33)23-32(16-8-18-36-2)40(34,35)20-15-25-9-6-5-7-10-25/h5-7,9-12,14-15,19-21H,8,13,16-18,22-23H2,1-4H3. The Kier molecular flexibility index (Phi) is 12.2. The number of rotatable bonds is 16. The van der Waals surface area contributed by atoms with Crippen molar-refractivity contribution in [1.29, 1.82) is 0 Å². The maximum absolute atomic E-state index is 13.7. The molecule has 0 aliphatic heterocycles. The van der Waals surface area contributed by atoms with Crippen LogP contribution in [0.25, 0.3) is 6.08 Å². The Hall–Kier alpha value is -3.18. The predicted molar refractivity (Wildman–Crippen MR) is 160 cm³/mol. The van der Waals surface area contributed by atoms with E-state index < -0.39 is 10.0 Å². The number of aryl methyl sites for hydroxylation is 1. The molecule has 0 aliphatic rings. The molecular weight excluding hydrogens is 548 g/mol. The molecule has 216 valence electrons. The number of hydrogen-bond donors (Lipinski definition) is 0. The van der Waals surface area contributed by atoms with E-state index >= 15 is 0 Å². The summed E-state index contributed by atoms with van der Waals surface area (Å²) in [7, 11) is 0.878. The van der Waals surface area contributed by atoms with Crippen molar-refractivity contribution in [2.75, 3.05) is 47.6 Å². The summed E-state index contributed by atoms with van der Waals surface area (Å²) < 4.78 is 43.8. The van der Waals surface area contributed by atoms with Gasteiger partial charge >= 0.3 is 0 Å². The zero-order valence-corrected chi connectivity index (χ0v) is 25.2. The van der Waals surface area contributed by atoms with E-state index in [1.807, 2.05) is 66.9 Å². The van der Waals surface area contributed by atoms with Gasteiger partial charge in [-0.1, -0.05) is 36.4 Å². The van der Waals surface area contributed by atoms with E-state index in [1.165, 1.54) is 9.71 Å². The summed E-state index contributed by atoms with van der Waals surface area (Å²) in [5, 5.41) is 3.16. The molecule has 1 heterocycles. The van der Waals surface area contributed by atoms with Crippen LogP contribution in [0.3, 0.4) is 0 Å². The zero-order chi connectivity index (χ0) is 29.0. The van der Waals surface area contributed by atoms with Gasteiger partial charge in [-0.2, -0.15) is 4.31 Å². The van der Waals surface area contributed by atoms with Gasteiger partial charge in [0.2, 0.25) is 15.9 Å². The van der Waals surface area contributed by atoms with Crippen LogP contribution in [0.2, 0.25) is 0 Å². The first-order valence-corrected chi connectivity index (χ1v) is 15.4. The van der Waals surface area contributed by atoms with Crippen molar-refractivity contribution in [3.63, 3.8) is 0 Å². The van der Waals surface area contributed by atoms with Gasteiger partial charge in [0.1, 0.15) is 0 Å². The second-order valence-corrected chi connectivity index (χ2v) is 12.0. The summed E-state index contributed by atoms with van der Waals surface area (Å²) in [5.41, 5.74) is 2.84. The quantitative estimate of drug-likeness (QED) is 0.220. The Morgan fingerprint density at radius 1 is 0.975 bits per heavy atom. The number of amides is 1. The van der Waals surface area contributed by atoms with Gasteiger partial charge in [0.05, 0.1) is 27.3 Å². The van der Waals surface area contributed by atoms with Crippen LogP contribution in [0.4, 0.5) is 0 Å². The fourth-order valence-electron chi connectivity index (χ4n) is 4.08. The minimum absolute atomic E-state index is 0.169. The number of thiophene rings is 1. The Balaban J connectivity index is 1.82. The number of hydrogen-bond acceptors (Lipinski definition) is 7. The molecule has 3 rings (SSSR count). The average molecular weight is 587 g/mol. The first-order chi connectivity index (χ1) is 19.3. The SMILES string of the molecule is COCCCN(CC(=O)N(CCc1ccc(OC)c(OC)c1)Cc1sccc1C)S(=O)(=O)C=Cc1ccccc1. The third-order valence-electron chi connectivity index (χ3n) is 6.43. The molecule has 0 fully saturated rings. The molecule has 0 radical (unpaired) electrons. The molecule has 10 heteroatoms. The molecule has 1 amide bonds. The molecule has 3 aromatic rings. The molecular formula is C30H38N2O6S2. The van der Waals surface area contributed by atoms with Crippen LogP contribution in [-0.4, -0.2) is 71.1 Å². The van der Waals surface area contributed by atoms with Gasteiger partial charge in [-0.15, -0.1) is 11.3 Å². The highest BCUT2D eigenvalue weighted by Gasteiger charge is 2.25. The molecule has 0 bridgehead atoms. The summed E-state index contributed by atoms with van der Waals surface area (Å²) in [5.74, 6) is 0.990. The van der Waals surface area contributed by atoms with E-state index in [0.29, 0.717) is 44.0 Å². The number of nitrogens with zero attached hydrogens (tertiary/aromatic N) is 2. The highest BCUT2D eigenvalue weighted by Crippen LogP contribution is 2.28. The van der Waals surface area contributed by atoms with Gasteiger partial charge in [0.15, 0.2) is 11.5 Å². The van der Waals surface area contributed by atoms with Crippen LogP contribution in [0.15, 0.2) is 65.4 Å². The van der Waals surface area contributed by atoms with E-state index in [9.17, 15) is 13.2 Å². The Morgan fingerprint density at radius 3 is 2.38 bits per heavy atom. The molecule has 2 aromatic carbocycles. The van der Waals surface area contributed by atoms with E-state index in [2.05, 4.69) is 0 Å². The number of sulfonamides is 1. The van der Waals surface area contributed by atoms with Gasteiger partial charge in [-0.05, 0) is 66.1 Å². The Bertz CT molecular complexity index is 1360. The number of methoxy groups -OCH3 is 3. The van der Waals surface area contributed by atoms with Gasteiger partial charge in [0.25, 0.3) is 0 Å². The molecule has 40 heavy (non-hydrogen) atoms. The lowest BCUT2D eigenvalue weighted by molar-refractivity contribution is -0.132. The van der Waals surface area contributed by atoms with Crippen LogP contribution in [-0.2, 0) is 32.5 Å². The minimum atomic E-state index is -3.86. The summed E-state index contributed by atoms with van der Waals surface area (Å²) in [6.45, 7) is 3.13. The summed E-state index contributed by atoms with van der Waals surface area (Å²) in [6.07, 6.45) is 2.59. The predicted octanol–water partition coefficient (Wildman–Crippen LogP) is 4.98. The summed E-state index contributed by atoms with van der Waals surface area (Å²) in [4.78, 5) is 16.5. The number of carbonyl (C=O) groups excluding carboxylic acids is 1. The lowest BCUT2D eigenvalue weighted by Crippen LogP contribution is -2.43. The molecule has 0 saturated heterocycles. The maximum atomic E-state index is 13.7. The van der Waals surface area contributed by atoms with Crippen molar-refractivity contribution in [2.24, 2.45) is 0 Å². The van der Waals surface area contributed by atoms with Crippen molar-refractivity contribution >= 4 is 33.3 Å². The van der Waals surface area contributed by atoms with Gasteiger partial charge < -0.3 is 19.1 Å². The first-order valence-electron chi connectivity index (χ1n) is 13.0. The molecule has 0 unspecified atom stereocenters. The van der Waals surface area contributed by atoms with Gasteiger partial charge in [-0.3, -0.25) is 4.79 Å². The van der Waals surface area contributed by atoms with E-state index in [0.717, 1.165) is 21.6 Å². The lowest BCUT2D eigenvalue weighted by Gasteiger charge is -2.27. The van der Waals surface area contributed by atoms with Crippen LogP contribution < -0.4 is 9.47 Å². The zero-order valence-electron chi connectivity index (χ0n) is 23.5. The monoisotopic (exact) mass is 586 g/mol. The lowest BCUT2D eigenvalue weighted by atomic mass is 10.1. The Morgan fingerprint density at radius 2 is 1.73 bits per heavy atom. The van der Waals surface area contributed by atoms with E-state index in [-0.39, 0.29) is 19.0 Å². The molecule has 8 nitrogen and oxygen atoms in total. The normalized spacial score (nSPS) is 11.7. The smallest absolute Gasteiger partial charge is 0.238 e. The molecule has 0 spiro atoms. The number of benzene rings is 2. The maximum Gasteiger partial charge on any atom is 0.238 e. The van der Waals surface area contributed by atoms with Crippen molar-refractivity contribution in [3.05, 3.63) is 87.0 Å². The molecule has 0 atom stereocenters. The summed E-state index contributed by atoms with van der Waals surface area (Å²) in [6, 6.07) is 16.9. The third-order valence-corrected chi connectivity index (χ3v) is 8.95. The van der Waals surface area contributed by atoms with Crippen LogP contribution in [0.1, 0.15) is 28.0 Å². The van der Waals surface area contributed by atoms with Gasteiger partial charge in [0, 0.05) is 37.1 Å². The van der Waals surface area contributed by atoms with Crippen LogP contribution in [0, 0.1) is 6.92 Å². The first kappa shape index (κ1) is 31.3. The molecule has 0 N–H and O–H groups in total. The van der Waals surface area contributed by atoms with Crippen LogP contribution in [0.5, 0.6) is 11.5 Å². The van der Waals surface area contributed by atoms with Crippen molar-refractivity contribution < 1.29 is 27.4 Å². The van der Waals surface area contributed by atoms with Crippen molar-refractivity contribution in [2.45, 2.75) is 26.3 Å². The second kappa shape index (κ2) is 15.6. The fourth-order valence-corrected chi connectivity index (χ4v) is 6.17. The van der Waals surface area contributed by atoms with Crippen molar-refractivity contribution in [1.82, 2.24) is 9.21 Å². The fraction of sp³-hybridized carbons (Fsp3) is 0.367. The van der Waals surface area contributed by atoms with E-state index in [1.54, 1.807) is 43.6 Å². The Labute approximate surface area is 241 Å². The summed E-state index contributed by atoms with van der Waals surface area (Å²) >= 11 is 1.59.